The normalized spacial score (nSPS) is 20.3. The molecule has 0 aromatic rings. The molecule has 1 rings (SSSR count). The maximum Gasteiger partial charge on any atom is 0.317 e. The van der Waals surface area contributed by atoms with Gasteiger partial charge >= 0.3 is 23.9 Å². The van der Waals surface area contributed by atoms with Crippen molar-refractivity contribution in [2.24, 2.45) is 29.6 Å². The van der Waals surface area contributed by atoms with E-state index in [9.17, 15) is 19.2 Å². The van der Waals surface area contributed by atoms with Crippen molar-refractivity contribution in [3.05, 3.63) is 0 Å². The van der Waals surface area contributed by atoms with Crippen LogP contribution in [0, 0.1) is 29.6 Å². The fourth-order valence-corrected chi connectivity index (χ4v) is 5.57. The van der Waals surface area contributed by atoms with Gasteiger partial charge in [0.05, 0.1) is 0 Å². The summed E-state index contributed by atoms with van der Waals surface area (Å²) in [5.74, 6) is -5.27. The number of rotatable bonds is 20. The summed E-state index contributed by atoms with van der Waals surface area (Å²) in [5, 5.41) is 35.7. The number of carbonyl (C=O) groups is 4. The molecule has 0 heterocycles. The van der Waals surface area contributed by atoms with Crippen molar-refractivity contribution in [3.8, 4) is 0 Å². The van der Waals surface area contributed by atoms with Crippen molar-refractivity contribution in [2.45, 2.75) is 116 Å². The largest absolute Gasteiger partial charge is 0.481 e. The first-order chi connectivity index (χ1) is 16.6. The van der Waals surface area contributed by atoms with Crippen molar-refractivity contribution in [1.82, 2.24) is 0 Å². The molecule has 0 aliphatic heterocycles. The van der Waals surface area contributed by atoms with Gasteiger partial charge in [0.1, 0.15) is 0 Å². The van der Waals surface area contributed by atoms with Crippen LogP contribution < -0.4 is 0 Å². The second kappa shape index (κ2) is 17.3. The van der Waals surface area contributed by atoms with Crippen molar-refractivity contribution in [1.29, 1.82) is 0 Å². The number of hydrogen-bond acceptors (Lipinski definition) is 4. The molecule has 0 spiro atoms. The van der Waals surface area contributed by atoms with E-state index in [4.69, 9.17) is 20.4 Å². The predicted molar refractivity (Wildman–Crippen MR) is 132 cm³/mol. The van der Waals surface area contributed by atoms with Crippen LogP contribution in [0.3, 0.4) is 0 Å². The summed E-state index contributed by atoms with van der Waals surface area (Å²) in [5.41, 5.74) is 0. The minimum absolute atomic E-state index is 0.201. The highest BCUT2D eigenvalue weighted by molar-refractivity contribution is 5.93. The summed E-state index contributed by atoms with van der Waals surface area (Å²) < 4.78 is 0. The van der Waals surface area contributed by atoms with Crippen LogP contribution in [-0.2, 0) is 19.2 Å². The van der Waals surface area contributed by atoms with Gasteiger partial charge in [0, 0.05) is 0 Å². The van der Waals surface area contributed by atoms with Gasteiger partial charge in [-0.1, -0.05) is 90.4 Å². The standard InChI is InChI=1S/C27H46O8/c1-19-16-17-20(12-8-4-2-6-10-14-22(24(28)29)25(30)31)21(18-19)13-9-5-3-7-11-15-23(26(32)33)27(34)35/h19-23H,2-18H2,1H3,(H,28,29)(H,30,31)(H,32,33)(H,34,35). The minimum Gasteiger partial charge on any atom is -0.481 e. The molecule has 0 aromatic carbocycles. The van der Waals surface area contributed by atoms with E-state index in [1.54, 1.807) is 0 Å². The SMILES string of the molecule is CC1CCC(CCCCCCCC(C(=O)O)C(=O)O)C(CCCCCCCC(C(=O)O)C(=O)O)C1. The maximum absolute atomic E-state index is 10.9. The maximum atomic E-state index is 10.9. The molecule has 35 heavy (non-hydrogen) atoms. The smallest absolute Gasteiger partial charge is 0.317 e. The van der Waals surface area contributed by atoms with E-state index < -0.39 is 35.7 Å². The molecule has 202 valence electrons. The molecule has 4 N–H and O–H groups in total. The minimum atomic E-state index is -1.29. The van der Waals surface area contributed by atoms with E-state index in [1.165, 1.54) is 44.9 Å². The first-order valence-electron chi connectivity index (χ1n) is 13.5. The fraction of sp³-hybridized carbons (Fsp3) is 0.852. The summed E-state index contributed by atoms with van der Waals surface area (Å²) >= 11 is 0. The van der Waals surface area contributed by atoms with Crippen LogP contribution in [0.1, 0.15) is 116 Å². The molecule has 3 unspecified atom stereocenters. The summed E-state index contributed by atoms with van der Waals surface area (Å²) in [6, 6.07) is 0. The number of hydrogen-bond donors (Lipinski definition) is 4. The van der Waals surface area contributed by atoms with Crippen molar-refractivity contribution < 1.29 is 39.6 Å². The molecule has 8 heteroatoms. The van der Waals surface area contributed by atoms with E-state index in [-0.39, 0.29) is 12.8 Å². The van der Waals surface area contributed by atoms with Gasteiger partial charge in [-0.25, -0.2) is 0 Å². The van der Waals surface area contributed by atoms with Crippen LogP contribution in [0.2, 0.25) is 0 Å². The molecule has 0 aromatic heterocycles. The highest BCUT2D eigenvalue weighted by Gasteiger charge is 2.28. The average Bonchev–Trinajstić information content (AvgIpc) is 2.77. The molecule has 0 radical (unpaired) electrons. The van der Waals surface area contributed by atoms with E-state index in [2.05, 4.69) is 6.92 Å². The highest BCUT2D eigenvalue weighted by Crippen LogP contribution is 2.39. The Hall–Kier alpha value is -2.12. The molecule has 1 aliphatic carbocycles. The second-order valence-corrected chi connectivity index (χ2v) is 10.6. The van der Waals surface area contributed by atoms with Gasteiger partial charge in [-0.3, -0.25) is 19.2 Å². The lowest BCUT2D eigenvalue weighted by molar-refractivity contribution is -0.156. The summed E-state index contributed by atoms with van der Waals surface area (Å²) in [6.07, 6.45) is 16.4. The molecule has 0 amide bonds. The Morgan fingerprint density at radius 3 is 1.37 bits per heavy atom. The Bertz CT molecular complexity index is 634. The summed E-state index contributed by atoms with van der Waals surface area (Å²) in [7, 11) is 0. The van der Waals surface area contributed by atoms with Gasteiger partial charge in [0.15, 0.2) is 11.8 Å². The van der Waals surface area contributed by atoms with Crippen LogP contribution in [0.25, 0.3) is 0 Å². The zero-order valence-corrected chi connectivity index (χ0v) is 21.3. The molecular formula is C27H46O8. The lowest BCUT2D eigenvalue weighted by Gasteiger charge is -2.35. The predicted octanol–water partition coefficient (Wildman–Crippen LogP) is 6.07. The topological polar surface area (TPSA) is 149 Å². The quantitative estimate of drug-likeness (QED) is 0.117. The van der Waals surface area contributed by atoms with Gasteiger partial charge in [-0.2, -0.15) is 0 Å². The Kier molecular flexibility index (Phi) is 15.3. The number of aliphatic carboxylic acids is 4. The summed E-state index contributed by atoms with van der Waals surface area (Å²) in [4.78, 5) is 43.7. The first kappa shape index (κ1) is 30.9. The molecule has 1 fully saturated rings. The van der Waals surface area contributed by atoms with Crippen LogP contribution >= 0.6 is 0 Å². The lowest BCUT2D eigenvalue weighted by Crippen LogP contribution is -2.24. The van der Waals surface area contributed by atoms with E-state index in [1.807, 2.05) is 0 Å². The lowest BCUT2D eigenvalue weighted by atomic mass is 9.71. The first-order valence-corrected chi connectivity index (χ1v) is 13.5. The van der Waals surface area contributed by atoms with Gasteiger partial charge in [0.2, 0.25) is 0 Å². The monoisotopic (exact) mass is 498 g/mol. The third-order valence-corrected chi connectivity index (χ3v) is 7.73. The number of unbranched alkanes of at least 4 members (excludes halogenated alkanes) is 8. The molecule has 0 saturated heterocycles. The van der Waals surface area contributed by atoms with E-state index in [0.29, 0.717) is 12.8 Å². The molecule has 3 atom stereocenters. The van der Waals surface area contributed by atoms with Gasteiger partial charge < -0.3 is 20.4 Å². The van der Waals surface area contributed by atoms with Gasteiger partial charge in [-0.15, -0.1) is 0 Å². The Morgan fingerprint density at radius 1 is 0.571 bits per heavy atom. The second-order valence-electron chi connectivity index (χ2n) is 10.6. The van der Waals surface area contributed by atoms with Crippen LogP contribution in [0.4, 0.5) is 0 Å². The third-order valence-electron chi connectivity index (χ3n) is 7.73. The zero-order chi connectivity index (χ0) is 26.2. The van der Waals surface area contributed by atoms with E-state index >= 15 is 0 Å². The van der Waals surface area contributed by atoms with Crippen molar-refractivity contribution in [2.75, 3.05) is 0 Å². The Labute approximate surface area is 209 Å². The van der Waals surface area contributed by atoms with Gasteiger partial charge in [0.25, 0.3) is 0 Å². The third kappa shape index (κ3) is 13.0. The fourth-order valence-electron chi connectivity index (χ4n) is 5.57. The molecule has 8 nitrogen and oxygen atoms in total. The van der Waals surface area contributed by atoms with E-state index in [0.717, 1.165) is 56.3 Å². The number of carboxylic acids is 4. The van der Waals surface area contributed by atoms with Crippen molar-refractivity contribution >= 4 is 23.9 Å². The molecule has 0 bridgehead atoms. The zero-order valence-electron chi connectivity index (χ0n) is 21.3. The Balaban J connectivity index is 2.20. The van der Waals surface area contributed by atoms with Gasteiger partial charge in [-0.05, 0) is 43.4 Å². The van der Waals surface area contributed by atoms with Crippen LogP contribution in [0.5, 0.6) is 0 Å². The number of carboxylic acid groups (broad SMARTS) is 4. The molecule has 1 saturated carbocycles. The molecule has 1 aliphatic rings. The van der Waals surface area contributed by atoms with Crippen LogP contribution in [-0.4, -0.2) is 44.3 Å². The van der Waals surface area contributed by atoms with Crippen LogP contribution in [0.15, 0.2) is 0 Å². The average molecular weight is 499 g/mol. The summed E-state index contributed by atoms with van der Waals surface area (Å²) in [6.45, 7) is 2.34. The Morgan fingerprint density at radius 2 is 0.943 bits per heavy atom. The van der Waals surface area contributed by atoms with Crippen molar-refractivity contribution in [3.63, 3.8) is 0 Å². The highest BCUT2D eigenvalue weighted by atomic mass is 16.4. The molecular weight excluding hydrogens is 452 g/mol.